The third-order valence-electron chi connectivity index (χ3n) is 6.08. The number of aryl methyl sites for hydroxylation is 1. The minimum atomic E-state index is 0.550. The van der Waals surface area contributed by atoms with Crippen molar-refractivity contribution in [2.75, 3.05) is 28.6 Å². The van der Waals surface area contributed by atoms with Crippen LogP contribution in [0.25, 0.3) is 10.6 Å². The predicted octanol–water partition coefficient (Wildman–Crippen LogP) is 5.39. The van der Waals surface area contributed by atoms with E-state index in [0.29, 0.717) is 12.0 Å². The van der Waals surface area contributed by atoms with Crippen molar-refractivity contribution in [1.29, 1.82) is 0 Å². The van der Waals surface area contributed by atoms with Gasteiger partial charge in [-0.2, -0.15) is 0 Å². The molecule has 1 saturated heterocycles. The predicted molar refractivity (Wildman–Crippen MR) is 127 cm³/mol. The summed E-state index contributed by atoms with van der Waals surface area (Å²) in [5.74, 6) is 1.30. The van der Waals surface area contributed by atoms with Crippen LogP contribution in [0.1, 0.15) is 50.6 Å². The topological polar surface area (TPSA) is 78.9 Å². The number of nitrogens with zero attached hydrogens (tertiary/aromatic N) is 5. The van der Waals surface area contributed by atoms with Gasteiger partial charge in [0.15, 0.2) is 5.13 Å². The molecule has 2 aliphatic rings. The van der Waals surface area contributed by atoms with E-state index in [9.17, 15) is 0 Å². The van der Waals surface area contributed by atoms with Gasteiger partial charge >= 0.3 is 0 Å². The van der Waals surface area contributed by atoms with E-state index in [1.807, 2.05) is 25.3 Å². The van der Waals surface area contributed by atoms with Crippen molar-refractivity contribution in [3.05, 3.63) is 36.3 Å². The van der Waals surface area contributed by atoms with Crippen LogP contribution in [0.3, 0.4) is 0 Å². The van der Waals surface area contributed by atoms with E-state index in [2.05, 4.69) is 31.6 Å². The van der Waals surface area contributed by atoms with E-state index >= 15 is 0 Å². The molecular formula is C23H29N7S. The Hall–Kier alpha value is -2.74. The van der Waals surface area contributed by atoms with Gasteiger partial charge in [-0.3, -0.25) is 0 Å². The Kier molecular flexibility index (Phi) is 5.97. The second-order valence-corrected chi connectivity index (χ2v) is 9.40. The largest absolute Gasteiger partial charge is 0.370 e. The highest BCUT2D eigenvalue weighted by molar-refractivity contribution is 7.19. The Morgan fingerprint density at radius 1 is 0.968 bits per heavy atom. The van der Waals surface area contributed by atoms with Crippen molar-refractivity contribution in [2.45, 2.75) is 57.9 Å². The summed E-state index contributed by atoms with van der Waals surface area (Å²) in [4.78, 5) is 21.9. The average Bonchev–Trinajstić information content (AvgIpc) is 3.45. The molecule has 0 radical (unpaired) electrons. The van der Waals surface area contributed by atoms with E-state index in [1.165, 1.54) is 50.6 Å². The van der Waals surface area contributed by atoms with Gasteiger partial charge in [0.05, 0.1) is 28.1 Å². The molecule has 1 aliphatic carbocycles. The van der Waals surface area contributed by atoms with Crippen LogP contribution in [-0.4, -0.2) is 39.1 Å². The molecule has 8 heteroatoms. The Balaban J connectivity index is 1.28. The van der Waals surface area contributed by atoms with Crippen molar-refractivity contribution < 1.29 is 0 Å². The number of pyridine rings is 1. The number of rotatable bonds is 6. The van der Waals surface area contributed by atoms with Crippen LogP contribution in [0.2, 0.25) is 0 Å². The normalized spacial score (nSPS) is 17.1. The molecule has 31 heavy (non-hydrogen) atoms. The van der Waals surface area contributed by atoms with Crippen LogP contribution in [0, 0.1) is 6.92 Å². The van der Waals surface area contributed by atoms with Gasteiger partial charge in [0.25, 0.3) is 0 Å². The van der Waals surface area contributed by atoms with Crippen LogP contribution < -0.4 is 15.5 Å². The molecule has 0 amide bonds. The second-order valence-electron chi connectivity index (χ2n) is 8.40. The van der Waals surface area contributed by atoms with Gasteiger partial charge in [-0.15, -0.1) is 0 Å². The Labute approximate surface area is 187 Å². The molecule has 5 rings (SSSR count). The number of nitrogens with one attached hydrogen (secondary N) is 2. The molecule has 0 bridgehead atoms. The fraction of sp³-hybridized carbons (Fsp3) is 0.478. The summed E-state index contributed by atoms with van der Waals surface area (Å²) in [5, 5.41) is 7.83. The van der Waals surface area contributed by atoms with E-state index in [-0.39, 0.29) is 0 Å². The van der Waals surface area contributed by atoms with Gasteiger partial charge in [0.1, 0.15) is 5.82 Å². The highest BCUT2D eigenvalue weighted by atomic mass is 32.1. The lowest BCUT2D eigenvalue weighted by atomic mass is 10.1. The first kappa shape index (κ1) is 20.2. The molecule has 0 spiro atoms. The maximum absolute atomic E-state index is 4.73. The lowest BCUT2D eigenvalue weighted by Crippen LogP contribution is -2.29. The second kappa shape index (κ2) is 9.18. The number of aromatic nitrogens is 4. The molecule has 2 N–H and O–H groups in total. The third-order valence-corrected chi connectivity index (χ3v) is 7.19. The van der Waals surface area contributed by atoms with Crippen molar-refractivity contribution in [2.24, 2.45) is 0 Å². The smallest absolute Gasteiger partial charge is 0.228 e. The Morgan fingerprint density at radius 2 is 1.81 bits per heavy atom. The van der Waals surface area contributed by atoms with E-state index in [0.717, 1.165) is 40.3 Å². The van der Waals surface area contributed by atoms with Crippen LogP contribution in [0.15, 0.2) is 30.6 Å². The maximum Gasteiger partial charge on any atom is 0.228 e. The molecule has 0 aromatic carbocycles. The summed E-state index contributed by atoms with van der Waals surface area (Å²) < 4.78 is 0. The lowest BCUT2D eigenvalue weighted by molar-refractivity contribution is 0.577. The number of anilines is 4. The van der Waals surface area contributed by atoms with Crippen LogP contribution in [0.4, 0.5) is 22.6 Å². The average molecular weight is 436 g/mol. The fourth-order valence-electron chi connectivity index (χ4n) is 4.40. The molecule has 3 aromatic rings. The standard InChI is InChI=1S/C23H29N7S/c1-16-21(31-23(26-16)27-17-7-3-4-8-17)19-11-12-24-22(28-19)29-20-10-9-18(15-25-20)30-13-5-2-6-14-30/h9-12,15,17H,2-8,13-14H2,1H3,(H,26,27)(H,24,25,28,29). The summed E-state index contributed by atoms with van der Waals surface area (Å²) in [7, 11) is 0. The van der Waals surface area contributed by atoms with Gasteiger partial charge in [-0.05, 0) is 57.2 Å². The minimum absolute atomic E-state index is 0.550. The van der Waals surface area contributed by atoms with Gasteiger partial charge in [0, 0.05) is 25.3 Å². The fourth-order valence-corrected chi connectivity index (χ4v) is 5.41. The van der Waals surface area contributed by atoms with Gasteiger partial charge < -0.3 is 15.5 Å². The number of piperidine rings is 1. The summed E-state index contributed by atoms with van der Waals surface area (Å²) >= 11 is 1.67. The zero-order valence-electron chi connectivity index (χ0n) is 18.0. The van der Waals surface area contributed by atoms with Crippen LogP contribution in [-0.2, 0) is 0 Å². The lowest BCUT2D eigenvalue weighted by Gasteiger charge is -2.28. The molecule has 3 aromatic heterocycles. The SMILES string of the molecule is Cc1nc(NC2CCCC2)sc1-c1ccnc(Nc2ccc(N3CCCCC3)cn2)n1. The van der Waals surface area contributed by atoms with Gasteiger partial charge in [-0.1, -0.05) is 24.2 Å². The van der Waals surface area contributed by atoms with Gasteiger partial charge in [0.2, 0.25) is 5.95 Å². The molecule has 7 nitrogen and oxygen atoms in total. The van der Waals surface area contributed by atoms with E-state index in [1.54, 1.807) is 17.5 Å². The monoisotopic (exact) mass is 435 g/mol. The first-order valence-electron chi connectivity index (χ1n) is 11.3. The van der Waals surface area contributed by atoms with E-state index in [4.69, 9.17) is 9.97 Å². The van der Waals surface area contributed by atoms with Crippen molar-refractivity contribution >= 4 is 33.9 Å². The highest BCUT2D eigenvalue weighted by Crippen LogP contribution is 2.33. The molecule has 0 unspecified atom stereocenters. The molecule has 1 saturated carbocycles. The highest BCUT2D eigenvalue weighted by Gasteiger charge is 2.18. The molecule has 1 aliphatic heterocycles. The summed E-state index contributed by atoms with van der Waals surface area (Å²) in [6.07, 6.45) is 12.7. The molecule has 4 heterocycles. The maximum atomic E-state index is 4.73. The first-order chi connectivity index (χ1) is 15.2. The van der Waals surface area contributed by atoms with Crippen molar-refractivity contribution in [3.8, 4) is 10.6 Å². The van der Waals surface area contributed by atoms with Crippen molar-refractivity contribution in [1.82, 2.24) is 19.9 Å². The minimum Gasteiger partial charge on any atom is -0.370 e. The molecule has 162 valence electrons. The Bertz CT molecular complexity index is 1010. The van der Waals surface area contributed by atoms with Crippen LogP contribution in [0.5, 0.6) is 0 Å². The van der Waals surface area contributed by atoms with Gasteiger partial charge in [-0.25, -0.2) is 19.9 Å². The summed E-state index contributed by atoms with van der Waals surface area (Å²) in [6, 6.07) is 6.62. The molecule has 2 fully saturated rings. The zero-order valence-corrected chi connectivity index (χ0v) is 18.8. The summed E-state index contributed by atoms with van der Waals surface area (Å²) in [6.45, 7) is 4.28. The Morgan fingerprint density at radius 3 is 2.58 bits per heavy atom. The van der Waals surface area contributed by atoms with Crippen molar-refractivity contribution in [3.63, 3.8) is 0 Å². The molecule has 0 atom stereocenters. The number of hydrogen-bond acceptors (Lipinski definition) is 8. The quantitative estimate of drug-likeness (QED) is 0.537. The first-order valence-corrected chi connectivity index (χ1v) is 12.1. The zero-order chi connectivity index (χ0) is 21.0. The van der Waals surface area contributed by atoms with Crippen LogP contribution >= 0.6 is 11.3 Å². The molecular weight excluding hydrogens is 406 g/mol. The number of hydrogen-bond donors (Lipinski definition) is 2. The summed E-state index contributed by atoms with van der Waals surface area (Å²) in [5.41, 5.74) is 3.07. The number of thiazole rings is 1. The third kappa shape index (κ3) is 4.79. The van der Waals surface area contributed by atoms with E-state index < -0.39 is 0 Å².